The van der Waals surface area contributed by atoms with Crippen LogP contribution in [0.5, 0.6) is 0 Å². The molecule has 5 rings (SSSR count). The van der Waals surface area contributed by atoms with E-state index in [-0.39, 0.29) is 11.4 Å². The van der Waals surface area contributed by atoms with E-state index in [4.69, 9.17) is 0 Å². The van der Waals surface area contributed by atoms with Crippen molar-refractivity contribution in [3.05, 3.63) is 65.0 Å². The molecular formula is C22H25N5O. The molecule has 1 amide bonds. The molecule has 1 fully saturated rings. The van der Waals surface area contributed by atoms with Gasteiger partial charge in [0.25, 0.3) is 0 Å². The number of aromatic nitrogens is 4. The summed E-state index contributed by atoms with van der Waals surface area (Å²) in [6.45, 7) is 4.82. The van der Waals surface area contributed by atoms with E-state index in [0.29, 0.717) is 6.42 Å². The molecule has 1 saturated carbocycles. The number of carbonyl (C=O) groups is 1. The van der Waals surface area contributed by atoms with E-state index in [0.717, 1.165) is 60.6 Å². The molecule has 3 aromatic rings. The van der Waals surface area contributed by atoms with Crippen LogP contribution < -0.4 is 0 Å². The van der Waals surface area contributed by atoms with Crippen LogP contribution in [0.25, 0.3) is 5.69 Å². The molecule has 1 N–H and O–H groups in total. The third-order valence-corrected chi connectivity index (χ3v) is 6.29. The van der Waals surface area contributed by atoms with Gasteiger partial charge in [0.15, 0.2) is 0 Å². The van der Waals surface area contributed by atoms with E-state index in [1.807, 2.05) is 35.9 Å². The number of aromatic amines is 1. The molecule has 1 aromatic carbocycles. The Bertz CT molecular complexity index is 1030. The van der Waals surface area contributed by atoms with Gasteiger partial charge >= 0.3 is 0 Å². The maximum absolute atomic E-state index is 13.2. The Morgan fingerprint density at radius 3 is 2.64 bits per heavy atom. The number of fused-ring (bicyclic) bond motifs is 2. The summed E-state index contributed by atoms with van der Waals surface area (Å²) in [5.74, 6) is 0.201. The molecular weight excluding hydrogens is 350 g/mol. The van der Waals surface area contributed by atoms with Crippen LogP contribution in [-0.2, 0) is 23.2 Å². The zero-order valence-electron chi connectivity index (χ0n) is 16.4. The molecule has 0 saturated heterocycles. The Morgan fingerprint density at radius 1 is 1.21 bits per heavy atom. The largest absolute Gasteiger partial charge is 0.348 e. The summed E-state index contributed by atoms with van der Waals surface area (Å²) in [7, 11) is 0. The molecule has 0 atom stereocenters. The number of H-pyrrole nitrogens is 1. The maximum Gasteiger partial charge on any atom is 0.227 e. The molecule has 28 heavy (non-hydrogen) atoms. The monoisotopic (exact) mass is 375 g/mol. The molecule has 6 heteroatoms. The number of benzene rings is 1. The van der Waals surface area contributed by atoms with Gasteiger partial charge in [0.1, 0.15) is 0 Å². The van der Waals surface area contributed by atoms with Gasteiger partial charge in [-0.3, -0.25) is 4.79 Å². The second-order valence-electron chi connectivity index (χ2n) is 8.09. The van der Waals surface area contributed by atoms with Crippen molar-refractivity contribution in [1.29, 1.82) is 0 Å². The average Bonchev–Trinajstić information content (AvgIpc) is 3.26. The first-order valence-corrected chi connectivity index (χ1v) is 10.0. The minimum Gasteiger partial charge on any atom is -0.348 e. The van der Waals surface area contributed by atoms with Crippen molar-refractivity contribution in [2.75, 3.05) is 6.54 Å². The molecule has 3 heterocycles. The van der Waals surface area contributed by atoms with Crippen molar-refractivity contribution >= 4 is 5.91 Å². The van der Waals surface area contributed by atoms with Crippen LogP contribution in [0.15, 0.2) is 36.7 Å². The predicted molar refractivity (Wildman–Crippen MR) is 106 cm³/mol. The van der Waals surface area contributed by atoms with Gasteiger partial charge in [-0.1, -0.05) is 12.1 Å². The van der Waals surface area contributed by atoms with Gasteiger partial charge in [0.05, 0.1) is 35.4 Å². The maximum atomic E-state index is 13.2. The van der Waals surface area contributed by atoms with Crippen LogP contribution in [-0.4, -0.2) is 37.1 Å². The van der Waals surface area contributed by atoms with Crippen molar-refractivity contribution in [2.45, 2.75) is 51.5 Å². The standard InChI is InChI=1S/C22H25N5O/c1-15-12-16(2)27(25-15)18-6-4-17(5-7-18)13-20(28)26-11-8-19-21(24-14-23-19)22(26)9-3-10-22/h4-7,12,14H,3,8-11,13H2,1-2H3,(H,23,24). The topological polar surface area (TPSA) is 66.8 Å². The molecule has 0 radical (unpaired) electrons. The van der Waals surface area contributed by atoms with Crippen molar-refractivity contribution < 1.29 is 4.79 Å². The van der Waals surface area contributed by atoms with E-state index in [2.05, 4.69) is 33.0 Å². The smallest absolute Gasteiger partial charge is 0.227 e. The van der Waals surface area contributed by atoms with Crippen LogP contribution in [0.4, 0.5) is 0 Å². The normalized spacial score (nSPS) is 17.4. The highest BCUT2D eigenvalue weighted by Gasteiger charge is 2.50. The summed E-state index contributed by atoms with van der Waals surface area (Å²) in [6, 6.07) is 10.2. The minimum absolute atomic E-state index is 0.172. The van der Waals surface area contributed by atoms with E-state index >= 15 is 0 Å². The second kappa shape index (κ2) is 6.33. The lowest BCUT2D eigenvalue weighted by atomic mass is 9.70. The van der Waals surface area contributed by atoms with Crippen LogP contribution >= 0.6 is 0 Å². The van der Waals surface area contributed by atoms with Gasteiger partial charge < -0.3 is 9.88 Å². The first kappa shape index (κ1) is 17.2. The molecule has 1 aliphatic carbocycles. The lowest BCUT2D eigenvalue weighted by molar-refractivity contribution is -0.143. The van der Waals surface area contributed by atoms with Crippen molar-refractivity contribution in [1.82, 2.24) is 24.6 Å². The highest BCUT2D eigenvalue weighted by Crippen LogP contribution is 2.49. The molecule has 0 unspecified atom stereocenters. The Kier molecular flexibility index (Phi) is 3.89. The zero-order chi connectivity index (χ0) is 19.3. The average molecular weight is 375 g/mol. The summed E-state index contributed by atoms with van der Waals surface area (Å²) >= 11 is 0. The van der Waals surface area contributed by atoms with Crippen molar-refractivity contribution in [3.63, 3.8) is 0 Å². The Balaban J connectivity index is 1.35. The molecule has 2 aromatic heterocycles. The predicted octanol–water partition coefficient (Wildman–Crippen LogP) is 3.22. The Labute approximate surface area is 164 Å². The lowest BCUT2D eigenvalue weighted by Gasteiger charge is -2.52. The second-order valence-corrected chi connectivity index (χ2v) is 8.09. The summed E-state index contributed by atoms with van der Waals surface area (Å²) < 4.78 is 1.94. The van der Waals surface area contributed by atoms with E-state index < -0.39 is 0 Å². The van der Waals surface area contributed by atoms with E-state index in [9.17, 15) is 4.79 Å². The number of rotatable bonds is 3. The van der Waals surface area contributed by atoms with Gasteiger partial charge in [-0.25, -0.2) is 9.67 Å². The summed E-state index contributed by atoms with van der Waals surface area (Å²) in [4.78, 5) is 23.1. The fourth-order valence-electron chi connectivity index (χ4n) is 4.78. The molecule has 1 aliphatic heterocycles. The van der Waals surface area contributed by atoms with Crippen molar-refractivity contribution in [3.8, 4) is 5.69 Å². The number of aryl methyl sites for hydroxylation is 2. The third-order valence-electron chi connectivity index (χ3n) is 6.29. The first-order valence-electron chi connectivity index (χ1n) is 10.0. The fourth-order valence-corrected chi connectivity index (χ4v) is 4.78. The minimum atomic E-state index is -0.172. The quantitative estimate of drug-likeness (QED) is 0.764. The number of amides is 1. The number of hydrogen-bond donors (Lipinski definition) is 1. The van der Waals surface area contributed by atoms with Crippen LogP contribution in [0.2, 0.25) is 0 Å². The molecule has 0 bridgehead atoms. The number of nitrogens with one attached hydrogen (secondary N) is 1. The number of carbonyl (C=O) groups excluding carboxylic acids is 1. The highest BCUT2D eigenvalue weighted by molar-refractivity contribution is 5.80. The zero-order valence-corrected chi connectivity index (χ0v) is 16.4. The van der Waals surface area contributed by atoms with Gasteiger partial charge in [-0.05, 0) is 56.9 Å². The van der Waals surface area contributed by atoms with Gasteiger partial charge in [0, 0.05) is 24.4 Å². The van der Waals surface area contributed by atoms with Crippen molar-refractivity contribution in [2.24, 2.45) is 0 Å². The molecule has 144 valence electrons. The summed E-state index contributed by atoms with van der Waals surface area (Å²) in [5, 5.41) is 4.53. The highest BCUT2D eigenvalue weighted by atomic mass is 16.2. The van der Waals surface area contributed by atoms with Gasteiger partial charge in [-0.15, -0.1) is 0 Å². The Morgan fingerprint density at radius 2 is 2.00 bits per heavy atom. The fraction of sp³-hybridized carbons (Fsp3) is 0.409. The SMILES string of the molecule is Cc1cc(C)n(-c2ccc(CC(=O)N3CCc4[nH]cnc4C34CCC4)cc2)n1. The van der Waals surface area contributed by atoms with Gasteiger partial charge in [0.2, 0.25) is 5.91 Å². The molecule has 1 spiro atoms. The molecule has 2 aliphatic rings. The van der Waals surface area contributed by atoms with Crippen LogP contribution in [0.3, 0.4) is 0 Å². The van der Waals surface area contributed by atoms with Crippen LogP contribution in [0, 0.1) is 13.8 Å². The third kappa shape index (κ3) is 2.58. The number of hydrogen-bond acceptors (Lipinski definition) is 3. The van der Waals surface area contributed by atoms with E-state index in [1.54, 1.807) is 6.33 Å². The van der Waals surface area contributed by atoms with E-state index in [1.165, 1.54) is 5.69 Å². The summed E-state index contributed by atoms with van der Waals surface area (Å²) in [6.07, 6.45) is 6.27. The van der Waals surface area contributed by atoms with Crippen LogP contribution in [0.1, 0.15) is 47.6 Å². The first-order chi connectivity index (χ1) is 13.6. The number of imidazole rings is 1. The molecule has 6 nitrogen and oxygen atoms in total. The Hall–Kier alpha value is -2.89. The van der Waals surface area contributed by atoms with Gasteiger partial charge in [-0.2, -0.15) is 5.10 Å². The summed E-state index contributed by atoms with van der Waals surface area (Å²) in [5.41, 5.74) is 6.31. The number of nitrogens with zero attached hydrogens (tertiary/aromatic N) is 4. The lowest BCUT2D eigenvalue weighted by Crippen LogP contribution is -2.57.